The van der Waals surface area contributed by atoms with E-state index in [4.69, 9.17) is 10.5 Å². The fourth-order valence-corrected chi connectivity index (χ4v) is 5.66. The van der Waals surface area contributed by atoms with Crippen molar-refractivity contribution < 1.29 is 9.13 Å². The molecule has 3 nitrogen and oxygen atoms in total. The monoisotopic (exact) mass is 352 g/mol. The van der Waals surface area contributed by atoms with Crippen molar-refractivity contribution in [3.63, 3.8) is 0 Å². The van der Waals surface area contributed by atoms with Crippen molar-refractivity contribution in [1.29, 1.82) is 0 Å². The molecule has 0 saturated heterocycles. The lowest BCUT2D eigenvalue weighted by atomic mass is 9.46. The summed E-state index contributed by atoms with van der Waals surface area (Å²) in [7, 11) is 0. The van der Waals surface area contributed by atoms with Crippen LogP contribution in [0.2, 0.25) is 0 Å². The van der Waals surface area contributed by atoms with Gasteiger partial charge in [-0.3, -0.25) is 0 Å². The first-order valence-electron chi connectivity index (χ1n) is 10.4. The fourth-order valence-electron chi connectivity index (χ4n) is 5.66. The third-order valence-corrected chi connectivity index (χ3v) is 7.06. The zero-order valence-corrected chi connectivity index (χ0v) is 16.5. The Balaban J connectivity index is 1.88. The van der Waals surface area contributed by atoms with Crippen molar-refractivity contribution in [3.8, 4) is 0 Å². The van der Waals surface area contributed by atoms with Crippen LogP contribution in [0.25, 0.3) is 0 Å². The van der Waals surface area contributed by atoms with E-state index in [0.29, 0.717) is 18.3 Å². The first kappa shape index (κ1) is 19.2. The molecule has 2 aliphatic carbocycles. The van der Waals surface area contributed by atoms with E-state index in [1.54, 1.807) is 0 Å². The number of rotatable bonds is 7. The minimum absolute atomic E-state index is 0.113. The van der Waals surface area contributed by atoms with Gasteiger partial charge < -0.3 is 15.8 Å². The first-order chi connectivity index (χ1) is 11.9. The molecule has 0 bridgehead atoms. The number of allylic oxidation sites excluding steroid dienone is 1. The summed E-state index contributed by atoms with van der Waals surface area (Å²) in [5.74, 6) is 2.24. The highest BCUT2D eigenvalue weighted by atomic mass is 19.1. The predicted molar refractivity (Wildman–Crippen MR) is 101 cm³/mol. The molecular formula is C21H37FN2O. The van der Waals surface area contributed by atoms with Crippen molar-refractivity contribution in [3.05, 3.63) is 11.3 Å². The van der Waals surface area contributed by atoms with E-state index in [0.717, 1.165) is 51.0 Å². The summed E-state index contributed by atoms with van der Waals surface area (Å²) in [6.45, 7) is 10.5. The topological polar surface area (TPSA) is 47.3 Å². The molecule has 1 saturated carbocycles. The van der Waals surface area contributed by atoms with Crippen LogP contribution in [0.5, 0.6) is 0 Å². The maximum Gasteiger partial charge on any atom is 0.106 e. The van der Waals surface area contributed by atoms with E-state index in [-0.39, 0.29) is 23.5 Å². The molecule has 1 fully saturated rings. The lowest BCUT2D eigenvalue weighted by molar-refractivity contribution is -0.172. The maximum atomic E-state index is 15.1. The van der Waals surface area contributed by atoms with E-state index < -0.39 is 6.17 Å². The van der Waals surface area contributed by atoms with Gasteiger partial charge in [-0.1, -0.05) is 34.1 Å². The van der Waals surface area contributed by atoms with Gasteiger partial charge in [-0.2, -0.15) is 0 Å². The lowest BCUT2D eigenvalue weighted by Crippen LogP contribution is -2.63. The van der Waals surface area contributed by atoms with Crippen LogP contribution in [0, 0.1) is 23.2 Å². The molecule has 0 spiro atoms. The van der Waals surface area contributed by atoms with Gasteiger partial charge in [0.15, 0.2) is 0 Å². The van der Waals surface area contributed by atoms with Crippen LogP contribution in [0.4, 0.5) is 4.39 Å². The number of ether oxygens (including phenoxy) is 1. The Morgan fingerprint density at radius 2 is 2.16 bits per heavy atom. The molecule has 1 aliphatic heterocycles. The minimum Gasteiger partial charge on any atom is -0.494 e. The Labute approximate surface area is 152 Å². The van der Waals surface area contributed by atoms with Crippen molar-refractivity contribution in [2.75, 3.05) is 13.1 Å². The van der Waals surface area contributed by atoms with Gasteiger partial charge in [0.2, 0.25) is 0 Å². The SMILES string of the molecule is CCCC(F)C1(C)CC2C3=C(CCCC3N)OC(C(C)CNCC)C21. The van der Waals surface area contributed by atoms with Gasteiger partial charge in [0.05, 0.1) is 5.76 Å². The van der Waals surface area contributed by atoms with E-state index >= 15 is 4.39 Å². The second kappa shape index (κ2) is 7.56. The molecule has 3 rings (SSSR count). The van der Waals surface area contributed by atoms with Crippen LogP contribution >= 0.6 is 0 Å². The van der Waals surface area contributed by atoms with Crippen LogP contribution in [0.1, 0.15) is 66.2 Å². The number of fused-ring (bicyclic) bond motifs is 2. The van der Waals surface area contributed by atoms with Gasteiger partial charge in [0, 0.05) is 36.3 Å². The lowest BCUT2D eigenvalue weighted by Gasteiger charge is -2.62. The number of hydrogen-bond acceptors (Lipinski definition) is 3. The van der Waals surface area contributed by atoms with E-state index in [1.807, 2.05) is 0 Å². The number of halogens is 1. The number of nitrogens with one attached hydrogen (secondary N) is 1. The molecule has 25 heavy (non-hydrogen) atoms. The Morgan fingerprint density at radius 3 is 2.84 bits per heavy atom. The molecule has 0 aromatic carbocycles. The molecule has 0 amide bonds. The summed E-state index contributed by atoms with van der Waals surface area (Å²) in [6, 6.07) is 0.120. The fraction of sp³-hybridized carbons (Fsp3) is 0.905. The first-order valence-corrected chi connectivity index (χ1v) is 10.4. The van der Waals surface area contributed by atoms with Crippen molar-refractivity contribution in [2.24, 2.45) is 28.9 Å². The van der Waals surface area contributed by atoms with Crippen LogP contribution in [-0.2, 0) is 4.74 Å². The standard InChI is InChI=1S/C21H37FN2O/c1-5-8-17(22)21(4)11-14-18-15(23)9-7-10-16(18)25-20(19(14)21)13(3)12-24-6-2/h13-15,17,19-20,24H,5-12,23H2,1-4H3. The van der Waals surface area contributed by atoms with Crippen molar-refractivity contribution in [1.82, 2.24) is 5.32 Å². The summed E-state index contributed by atoms with van der Waals surface area (Å²) in [6.07, 6.45) is 5.06. The molecule has 0 radical (unpaired) electrons. The summed E-state index contributed by atoms with van der Waals surface area (Å²) < 4.78 is 21.7. The van der Waals surface area contributed by atoms with Gasteiger partial charge in [0.1, 0.15) is 12.3 Å². The number of alkyl halides is 1. The average molecular weight is 353 g/mol. The van der Waals surface area contributed by atoms with Gasteiger partial charge in [-0.15, -0.1) is 0 Å². The predicted octanol–water partition coefficient (Wildman–Crippen LogP) is 4.18. The highest BCUT2D eigenvalue weighted by molar-refractivity contribution is 5.31. The zero-order chi connectivity index (χ0) is 18.2. The molecule has 3 N–H and O–H groups in total. The van der Waals surface area contributed by atoms with Crippen LogP contribution in [0.15, 0.2) is 11.3 Å². The minimum atomic E-state index is -0.738. The zero-order valence-electron chi connectivity index (χ0n) is 16.5. The summed E-state index contributed by atoms with van der Waals surface area (Å²) in [4.78, 5) is 0. The Bertz CT molecular complexity index is 508. The summed E-state index contributed by atoms with van der Waals surface area (Å²) in [5.41, 5.74) is 7.53. The highest BCUT2D eigenvalue weighted by Gasteiger charge is 2.63. The van der Waals surface area contributed by atoms with Crippen LogP contribution < -0.4 is 11.1 Å². The largest absolute Gasteiger partial charge is 0.494 e. The molecule has 144 valence electrons. The Morgan fingerprint density at radius 1 is 1.40 bits per heavy atom. The third-order valence-electron chi connectivity index (χ3n) is 7.06. The second-order valence-electron chi connectivity index (χ2n) is 8.84. The van der Waals surface area contributed by atoms with Gasteiger partial charge in [-0.05, 0) is 43.7 Å². The average Bonchev–Trinajstić information content (AvgIpc) is 2.57. The molecular weight excluding hydrogens is 315 g/mol. The highest BCUT2D eigenvalue weighted by Crippen LogP contribution is 2.63. The molecule has 1 heterocycles. The summed E-state index contributed by atoms with van der Waals surface area (Å²) >= 11 is 0. The molecule has 7 unspecified atom stereocenters. The summed E-state index contributed by atoms with van der Waals surface area (Å²) in [5, 5.41) is 3.45. The van der Waals surface area contributed by atoms with Crippen molar-refractivity contribution >= 4 is 0 Å². The molecule has 4 heteroatoms. The van der Waals surface area contributed by atoms with Gasteiger partial charge in [-0.25, -0.2) is 4.39 Å². The van der Waals surface area contributed by atoms with Crippen molar-refractivity contribution in [2.45, 2.75) is 84.5 Å². The van der Waals surface area contributed by atoms with Crippen LogP contribution in [0.3, 0.4) is 0 Å². The van der Waals surface area contributed by atoms with E-state index in [2.05, 4.69) is 33.0 Å². The van der Waals surface area contributed by atoms with E-state index in [1.165, 1.54) is 5.57 Å². The normalized spacial score (nSPS) is 39.8. The molecule has 3 aliphatic rings. The Hall–Kier alpha value is -0.610. The van der Waals surface area contributed by atoms with E-state index in [9.17, 15) is 0 Å². The third kappa shape index (κ3) is 3.25. The maximum absolute atomic E-state index is 15.1. The molecule has 0 aromatic heterocycles. The quantitative estimate of drug-likeness (QED) is 0.723. The van der Waals surface area contributed by atoms with Crippen LogP contribution in [-0.4, -0.2) is 31.4 Å². The van der Waals surface area contributed by atoms with Gasteiger partial charge in [0.25, 0.3) is 0 Å². The Kier molecular flexibility index (Phi) is 5.79. The molecule has 0 aromatic rings. The number of hydrogen-bond donors (Lipinski definition) is 2. The van der Waals surface area contributed by atoms with Gasteiger partial charge >= 0.3 is 0 Å². The second-order valence-corrected chi connectivity index (χ2v) is 8.84. The molecule has 7 atom stereocenters. The number of nitrogens with two attached hydrogens (primary N) is 1. The smallest absolute Gasteiger partial charge is 0.106 e.